The standard InChI is InChI=1S/C13H16N2OS/c1-14-7-10(8-15(2)13(16)9-17)11-5-3-4-6-12(11)14/h3-7,17H,8-9H2,1-2H3. The smallest absolute Gasteiger partial charge is 0.232 e. The molecule has 1 aromatic heterocycles. The molecule has 1 amide bonds. The lowest BCUT2D eigenvalue weighted by Gasteiger charge is -2.15. The van der Waals surface area contributed by atoms with Gasteiger partial charge < -0.3 is 9.47 Å². The molecule has 0 spiro atoms. The van der Waals surface area contributed by atoms with Crippen molar-refractivity contribution >= 4 is 29.4 Å². The molecule has 0 N–H and O–H groups in total. The fraction of sp³-hybridized carbons (Fsp3) is 0.308. The molecule has 90 valence electrons. The number of fused-ring (bicyclic) bond motifs is 1. The van der Waals surface area contributed by atoms with Gasteiger partial charge in [0.25, 0.3) is 0 Å². The van der Waals surface area contributed by atoms with E-state index in [0.29, 0.717) is 6.54 Å². The Morgan fingerprint density at radius 2 is 2.12 bits per heavy atom. The number of carbonyl (C=O) groups excluding carboxylic acids is 1. The second-order valence-corrected chi connectivity index (χ2v) is 4.51. The van der Waals surface area contributed by atoms with Crippen molar-refractivity contribution in [3.63, 3.8) is 0 Å². The zero-order valence-electron chi connectivity index (χ0n) is 10.1. The van der Waals surface area contributed by atoms with E-state index in [4.69, 9.17) is 0 Å². The highest BCUT2D eigenvalue weighted by Gasteiger charge is 2.11. The zero-order valence-corrected chi connectivity index (χ0v) is 10.9. The van der Waals surface area contributed by atoms with Crippen LogP contribution in [0.2, 0.25) is 0 Å². The second-order valence-electron chi connectivity index (χ2n) is 4.19. The van der Waals surface area contributed by atoms with Crippen molar-refractivity contribution in [3.8, 4) is 0 Å². The maximum atomic E-state index is 11.5. The molecule has 4 heteroatoms. The third-order valence-corrected chi connectivity index (χ3v) is 3.22. The number of hydrogen-bond donors (Lipinski definition) is 1. The van der Waals surface area contributed by atoms with E-state index in [9.17, 15) is 4.79 Å². The average Bonchev–Trinajstić information content (AvgIpc) is 2.66. The fourth-order valence-electron chi connectivity index (χ4n) is 2.02. The fourth-order valence-corrected chi connectivity index (χ4v) is 2.26. The van der Waals surface area contributed by atoms with E-state index in [-0.39, 0.29) is 11.7 Å². The van der Waals surface area contributed by atoms with Gasteiger partial charge in [-0.3, -0.25) is 4.79 Å². The normalized spacial score (nSPS) is 10.8. The number of carbonyl (C=O) groups is 1. The van der Waals surface area contributed by atoms with E-state index < -0.39 is 0 Å². The highest BCUT2D eigenvalue weighted by atomic mass is 32.1. The highest BCUT2D eigenvalue weighted by molar-refractivity contribution is 7.81. The first-order chi connectivity index (χ1) is 8.13. The van der Waals surface area contributed by atoms with Crippen molar-refractivity contribution < 1.29 is 4.79 Å². The van der Waals surface area contributed by atoms with E-state index >= 15 is 0 Å². The number of benzene rings is 1. The first-order valence-electron chi connectivity index (χ1n) is 5.51. The molecule has 0 aliphatic heterocycles. The van der Waals surface area contributed by atoms with Crippen LogP contribution >= 0.6 is 12.6 Å². The molecule has 1 heterocycles. The molecule has 0 aliphatic rings. The first-order valence-corrected chi connectivity index (χ1v) is 6.14. The van der Waals surface area contributed by atoms with E-state index in [1.54, 1.807) is 11.9 Å². The van der Waals surface area contributed by atoms with Gasteiger partial charge in [-0.15, -0.1) is 0 Å². The molecule has 0 radical (unpaired) electrons. The molecule has 2 aromatic rings. The molecule has 17 heavy (non-hydrogen) atoms. The van der Waals surface area contributed by atoms with E-state index in [2.05, 4.69) is 35.5 Å². The topological polar surface area (TPSA) is 25.2 Å². The highest BCUT2D eigenvalue weighted by Crippen LogP contribution is 2.21. The second kappa shape index (κ2) is 4.84. The Bertz CT molecular complexity index is 547. The number of nitrogens with zero attached hydrogens (tertiary/aromatic N) is 2. The molecule has 0 aliphatic carbocycles. The molecule has 0 saturated heterocycles. The summed E-state index contributed by atoms with van der Waals surface area (Å²) in [6.07, 6.45) is 2.08. The van der Waals surface area contributed by atoms with Crippen LogP contribution in [0.4, 0.5) is 0 Å². The van der Waals surface area contributed by atoms with Gasteiger partial charge in [0.15, 0.2) is 0 Å². The number of rotatable bonds is 3. The summed E-state index contributed by atoms with van der Waals surface area (Å²) in [5.74, 6) is 0.294. The SMILES string of the molecule is CN(Cc1cn(C)c2ccccc12)C(=O)CS. The zero-order chi connectivity index (χ0) is 12.4. The van der Waals surface area contributed by atoms with Crippen molar-refractivity contribution in [2.24, 2.45) is 7.05 Å². The van der Waals surface area contributed by atoms with E-state index in [1.807, 2.05) is 19.2 Å². The lowest BCUT2D eigenvalue weighted by molar-refractivity contribution is -0.127. The molecule has 0 fully saturated rings. The van der Waals surface area contributed by atoms with Crippen molar-refractivity contribution in [2.75, 3.05) is 12.8 Å². The quantitative estimate of drug-likeness (QED) is 0.827. The maximum absolute atomic E-state index is 11.5. The van der Waals surface area contributed by atoms with E-state index in [0.717, 1.165) is 0 Å². The molecule has 1 aromatic carbocycles. The number of para-hydroxylation sites is 1. The summed E-state index contributed by atoms with van der Waals surface area (Å²) in [7, 11) is 3.83. The minimum Gasteiger partial charge on any atom is -0.350 e. The molecule has 3 nitrogen and oxygen atoms in total. The van der Waals surface area contributed by atoms with Crippen molar-refractivity contribution in [2.45, 2.75) is 6.54 Å². The monoisotopic (exact) mass is 248 g/mol. The Hall–Kier alpha value is -1.42. The summed E-state index contributed by atoms with van der Waals surface area (Å²) in [5, 5.41) is 1.20. The Kier molecular flexibility index (Phi) is 3.43. The molecule has 0 saturated carbocycles. The minimum atomic E-state index is 0.0428. The van der Waals surface area contributed by atoms with Gasteiger partial charge in [-0.05, 0) is 11.6 Å². The summed E-state index contributed by atoms with van der Waals surface area (Å²) in [4.78, 5) is 13.2. The third kappa shape index (κ3) is 2.31. The summed E-state index contributed by atoms with van der Waals surface area (Å²) >= 11 is 4.00. The predicted molar refractivity (Wildman–Crippen MR) is 73.2 cm³/mol. The number of aryl methyl sites for hydroxylation is 1. The van der Waals surface area contributed by atoms with Gasteiger partial charge in [-0.25, -0.2) is 0 Å². The van der Waals surface area contributed by atoms with Gasteiger partial charge in [0.1, 0.15) is 0 Å². The Morgan fingerprint density at radius 3 is 2.82 bits per heavy atom. The lowest BCUT2D eigenvalue weighted by Crippen LogP contribution is -2.27. The molecular formula is C13H16N2OS. The van der Waals surface area contributed by atoms with E-state index in [1.165, 1.54) is 16.5 Å². The Balaban J connectivity index is 2.33. The molecule has 0 bridgehead atoms. The summed E-state index contributed by atoms with van der Waals surface area (Å²) in [6.45, 7) is 0.626. The van der Waals surface area contributed by atoms with Crippen LogP contribution in [0.1, 0.15) is 5.56 Å². The van der Waals surface area contributed by atoms with Crippen LogP contribution in [0, 0.1) is 0 Å². The van der Waals surface area contributed by atoms with Crippen LogP contribution in [0.25, 0.3) is 10.9 Å². The van der Waals surface area contributed by atoms with Crippen molar-refractivity contribution in [1.29, 1.82) is 0 Å². The van der Waals surface area contributed by atoms with Gasteiger partial charge in [-0.2, -0.15) is 12.6 Å². The van der Waals surface area contributed by atoms with Crippen LogP contribution in [-0.4, -0.2) is 28.2 Å². The van der Waals surface area contributed by atoms with Crippen LogP contribution in [-0.2, 0) is 18.4 Å². The number of aromatic nitrogens is 1. The molecule has 2 rings (SSSR count). The molecular weight excluding hydrogens is 232 g/mol. The van der Waals surface area contributed by atoms with Crippen LogP contribution in [0.15, 0.2) is 30.5 Å². The third-order valence-electron chi connectivity index (χ3n) is 2.95. The van der Waals surface area contributed by atoms with Crippen LogP contribution < -0.4 is 0 Å². The van der Waals surface area contributed by atoms with Crippen molar-refractivity contribution in [3.05, 3.63) is 36.0 Å². The summed E-state index contributed by atoms with van der Waals surface area (Å²) in [6, 6.07) is 8.21. The number of hydrogen-bond acceptors (Lipinski definition) is 2. The largest absolute Gasteiger partial charge is 0.350 e. The van der Waals surface area contributed by atoms with Gasteiger partial charge >= 0.3 is 0 Å². The number of thiol groups is 1. The number of amides is 1. The maximum Gasteiger partial charge on any atom is 0.232 e. The van der Waals surface area contributed by atoms with Crippen molar-refractivity contribution in [1.82, 2.24) is 9.47 Å². The predicted octanol–water partition coefficient (Wildman–Crippen LogP) is 2.07. The summed E-state index contributed by atoms with van der Waals surface area (Å²) in [5.41, 5.74) is 2.36. The Labute approximate surface area is 106 Å². The molecule has 0 unspecified atom stereocenters. The first kappa shape index (κ1) is 12.0. The van der Waals surface area contributed by atoms with Crippen LogP contribution in [0.3, 0.4) is 0 Å². The summed E-state index contributed by atoms with van der Waals surface area (Å²) < 4.78 is 2.09. The van der Waals surface area contributed by atoms with Crippen LogP contribution in [0.5, 0.6) is 0 Å². The van der Waals surface area contributed by atoms with Gasteiger partial charge in [-0.1, -0.05) is 18.2 Å². The minimum absolute atomic E-state index is 0.0428. The lowest BCUT2D eigenvalue weighted by atomic mass is 10.1. The van der Waals surface area contributed by atoms with Gasteiger partial charge in [0.2, 0.25) is 5.91 Å². The van der Waals surface area contributed by atoms with Gasteiger partial charge in [0.05, 0.1) is 5.75 Å². The Morgan fingerprint density at radius 1 is 1.41 bits per heavy atom. The van der Waals surface area contributed by atoms with Gasteiger partial charge in [0, 0.05) is 37.7 Å². The average molecular weight is 248 g/mol. The molecule has 0 atom stereocenters.